The molecular weight excluding hydrogens is 364 g/mol. The average molecular weight is 403 g/mol. The first-order valence-corrected chi connectivity index (χ1v) is 10.8. The van der Waals surface area contributed by atoms with E-state index >= 15 is 0 Å². The maximum Gasteiger partial charge on any atom is 0.162 e. The Morgan fingerprint density at radius 1 is 1.31 bits per heavy atom. The van der Waals surface area contributed by atoms with Crippen LogP contribution in [0, 0.1) is 11.3 Å². The highest BCUT2D eigenvalue weighted by Gasteiger charge is 2.47. The van der Waals surface area contributed by atoms with Crippen LogP contribution in [0.2, 0.25) is 0 Å². The van der Waals surface area contributed by atoms with Crippen molar-refractivity contribution in [3.05, 3.63) is 47.1 Å². The number of rotatable bonds is 7. The van der Waals surface area contributed by atoms with Crippen molar-refractivity contribution in [2.45, 2.75) is 91.6 Å². The number of hydrogen-bond donors (Lipinski definition) is 2. The fourth-order valence-corrected chi connectivity index (χ4v) is 4.37. The molecule has 4 nitrogen and oxygen atoms in total. The largest absolute Gasteiger partial charge is 0.393 e. The fourth-order valence-electron chi connectivity index (χ4n) is 4.37. The van der Waals surface area contributed by atoms with Crippen LogP contribution in [0.25, 0.3) is 0 Å². The predicted molar refractivity (Wildman–Crippen MR) is 118 cm³/mol. The minimum absolute atomic E-state index is 0.0131. The van der Waals surface area contributed by atoms with E-state index in [9.17, 15) is 15.0 Å². The lowest BCUT2D eigenvalue weighted by molar-refractivity contribution is -0.119. The number of carbonyl (C=O) groups is 1. The van der Waals surface area contributed by atoms with E-state index < -0.39 is 6.10 Å². The van der Waals surface area contributed by atoms with Gasteiger partial charge in [0.25, 0.3) is 0 Å². The Balaban J connectivity index is 2.04. The molecule has 2 aliphatic rings. The summed E-state index contributed by atoms with van der Waals surface area (Å²) in [6.07, 6.45) is 10.7. The lowest BCUT2D eigenvalue weighted by atomic mass is 9.58. The van der Waals surface area contributed by atoms with Gasteiger partial charge in [0, 0.05) is 6.42 Å². The zero-order valence-electron chi connectivity index (χ0n) is 18.8. The number of fused-ring (bicyclic) bond motifs is 1. The summed E-state index contributed by atoms with van der Waals surface area (Å²) in [5, 5.41) is 19.7. The summed E-state index contributed by atoms with van der Waals surface area (Å²) in [5.41, 5.74) is 3.25. The zero-order chi connectivity index (χ0) is 21.8. The van der Waals surface area contributed by atoms with E-state index in [2.05, 4.69) is 19.9 Å². The second-order valence-electron chi connectivity index (χ2n) is 9.19. The van der Waals surface area contributed by atoms with Gasteiger partial charge in [-0.15, -0.1) is 0 Å². The summed E-state index contributed by atoms with van der Waals surface area (Å²) in [6, 6.07) is 0. The lowest BCUT2D eigenvalue weighted by Gasteiger charge is -2.48. The first kappa shape index (κ1) is 23.8. The van der Waals surface area contributed by atoms with Crippen LogP contribution in [0.4, 0.5) is 0 Å². The van der Waals surface area contributed by atoms with Gasteiger partial charge in [0.05, 0.1) is 24.4 Å². The minimum atomic E-state index is -0.696. The van der Waals surface area contributed by atoms with Gasteiger partial charge in [0.1, 0.15) is 0 Å². The minimum Gasteiger partial charge on any atom is -0.393 e. The normalized spacial score (nSPS) is 31.0. The highest BCUT2D eigenvalue weighted by atomic mass is 16.5. The molecule has 1 saturated carbocycles. The van der Waals surface area contributed by atoms with Gasteiger partial charge in [-0.3, -0.25) is 4.79 Å². The predicted octanol–water partition coefficient (Wildman–Crippen LogP) is 4.68. The quantitative estimate of drug-likeness (QED) is 0.369. The van der Waals surface area contributed by atoms with E-state index in [1.54, 1.807) is 19.1 Å². The van der Waals surface area contributed by atoms with Gasteiger partial charge >= 0.3 is 0 Å². The van der Waals surface area contributed by atoms with Crippen LogP contribution < -0.4 is 0 Å². The Labute approximate surface area is 176 Å². The van der Waals surface area contributed by atoms with Crippen LogP contribution >= 0.6 is 0 Å². The molecule has 2 aliphatic carbocycles. The summed E-state index contributed by atoms with van der Waals surface area (Å²) >= 11 is 0. The molecule has 162 valence electrons. The van der Waals surface area contributed by atoms with Crippen molar-refractivity contribution < 1.29 is 19.7 Å². The van der Waals surface area contributed by atoms with Gasteiger partial charge in [-0.05, 0) is 63.9 Å². The van der Waals surface area contributed by atoms with Crippen molar-refractivity contribution in [3.8, 4) is 0 Å². The summed E-state index contributed by atoms with van der Waals surface area (Å²) in [7, 11) is 0. The smallest absolute Gasteiger partial charge is 0.162 e. The molecule has 0 radical (unpaired) electrons. The van der Waals surface area contributed by atoms with Crippen molar-refractivity contribution in [1.82, 2.24) is 0 Å². The molecule has 6 atom stereocenters. The molecule has 1 fully saturated rings. The van der Waals surface area contributed by atoms with Gasteiger partial charge in [-0.2, -0.15) is 0 Å². The van der Waals surface area contributed by atoms with Crippen molar-refractivity contribution in [2.24, 2.45) is 11.3 Å². The molecule has 0 saturated heterocycles. The van der Waals surface area contributed by atoms with Gasteiger partial charge in [0.2, 0.25) is 0 Å². The maximum atomic E-state index is 12.5. The third-order valence-electron chi connectivity index (χ3n) is 6.63. The number of allylic oxidation sites excluding steroid dienone is 5. The molecule has 0 spiro atoms. The van der Waals surface area contributed by atoms with Gasteiger partial charge in [-0.25, -0.2) is 0 Å². The van der Waals surface area contributed by atoms with E-state index in [1.165, 1.54) is 5.57 Å². The SMILES string of the molecule is CC(C)=C1CC2(C)C(=CCC(OC(C)C(O)C=CC=CCC(C)O)C2C)CC1=O. The highest BCUT2D eigenvalue weighted by molar-refractivity contribution is 5.99. The molecular formula is C25H38O4. The molecule has 0 aromatic carbocycles. The molecule has 0 bridgehead atoms. The number of ether oxygens (including phenoxy) is 1. The average Bonchev–Trinajstić information content (AvgIpc) is 2.64. The Kier molecular flexibility index (Phi) is 8.21. The van der Waals surface area contributed by atoms with Crippen LogP contribution in [0.5, 0.6) is 0 Å². The molecule has 6 unspecified atom stereocenters. The van der Waals surface area contributed by atoms with Crippen molar-refractivity contribution >= 4 is 5.78 Å². The summed E-state index contributed by atoms with van der Waals surface area (Å²) in [6.45, 7) is 12.1. The molecule has 0 aromatic heterocycles. The monoisotopic (exact) mass is 402 g/mol. The molecule has 0 aromatic rings. The summed E-state index contributed by atoms with van der Waals surface area (Å²) in [4.78, 5) is 12.5. The van der Waals surface area contributed by atoms with Gasteiger partial charge in [-0.1, -0.05) is 55.4 Å². The van der Waals surface area contributed by atoms with Crippen molar-refractivity contribution in [3.63, 3.8) is 0 Å². The standard InChI is InChI=1S/C25H38O4/c1-16(2)21-15-25(6)18(4)24(13-12-20(25)14-23(21)28)29-19(5)22(27)11-9-7-8-10-17(3)26/h7-9,11-12,17-19,22,24,26-27H,10,13-15H2,1-6H3. The van der Waals surface area contributed by atoms with E-state index in [1.807, 2.05) is 32.9 Å². The van der Waals surface area contributed by atoms with Gasteiger partial charge in [0.15, 0.2) is 5.78 Å². The van der Waals surface area contributed by atoms with Gasteiger partial charge < -0.3 is 14.9 Å². The number of aliphatic hydroxyl groups excluding tert-OH is 2. The molecule has 2 rings (SSSR count). The Morgan fingerprint density at radius 2 is 2.00 bits per heavy atom. The molecule has 0 amide bonds. The van der Waals surface area contributed by atoms with Crippen LogP contribution in [-0.4, -0.2) is 40.4 Å². The van der Waals surface area contributed by atoms with E-state index in [0.29, 0.717) is 12.8 Å². The number of aliphatic hydroxyl groups is 2. The number of hydrogen-bond acceptors (Lipinski definition) is 4. The van der Waals surface area contributed by atoms with Crippen molar-refractivity contribution in [2.75, 3.05) is 0 Å². The molecule has 0 aliphatic heterocycles. The third kappa shape index (κ3) is 5.78. The van der Waals surface area contributed by atoms with E-state index in [0.717, 1.165) is 24.0 Å². The second kappa shape index (κ2) is 10.0. The van der Waals surface area contributed by atoms with E-state index in [4.69, 9.17) is 4.74 Å². The second-order valence-corrected chi connectivity index (χ2v) is 9.19. The van der Waals surface area contributed by atoms with Crippen LogP contribution in [-0.2, 0) is 9.53 Å². The van der Waals surface area contributed by atoms with E-state index in [-0.39, 0.29) is 35.4 Å². The lowest BCUT2D eigenvalue weighted by Crippen LogP contribution is -2.45. The fraction of sp³-hybridized carbons (Fsp3) is 0.640. The van der Waals surface area contributed by atoms with Crippen LogP contribution in [0.3, 0.4) is 0 Å². The third-order valence-corrected chi connectivity index (χ3v) is 6.63. The molecule has 4 heteroatoms. The zero-order valence-corrected chi connectivity index (χ0v) is 18.8. The number of carbonyl (C=O) groups excluding carboxylic acids is 1. The number of ketones is 1. The van der Waals surface area contributed by atoms with Crippen LogP contribution in [0.1, 0.15) is 67.2 Å². The van der Waals surface area contributed by atoms with Crippen molar-refractivity contribution in [1.29, 1.82) is 0 Å². The number of Topliss-reactive ketones (excluding diaryl/α,β-unsaturated/α-hetero) is 1. The molecule has 2 N–H and O–H groups in total. The summed E-state index contributed by atoms with van der Waals surface area (Å²) in [5.74, 6) is 0.521. The topological polar surface area (TPSA) is 66.8 Å². The Bertz CT molecular complexity index is 708. The van der Waals surface area contributed by atoms with Crippen LogP contribution in [0.15, 0.2) is 47.1 Å². The molecule has 29 heavy (non-hydrogen) atoms. The first-order chi connectivity index (χ1) is 13.6. The molecule has 0 heterocycles. The maximum absolute atomic E-state index is 12.5. The highest BCUT2D eigenvalue weighted by Crippen LogP contribution is 2.52. The Hall–Kier alpha value is -1.49. The Morgan fingerprint density at radius 3 is 2.62 bits per heavy atom. The first-order valence-electron chi connectivity index (χ1n) is 10.8. The summed E-state index contributed by atoms with van der Waals surface area (Å²) < 4.78 is 6.29.